The second-order valence-electron chi connectivity index (χ2n) is 5.33. The molecule has 3 heteroatoms. The molecule has 1 amide bonds. The molecule has 1 fully saturated rings. The second-order valence-corrected chi connectivity index (χ2v) is 5.33. The number of hydrogen-bond acceptors (Lipinski definition) is 2. The third-order valence-electron chi connectivity index (χ3n) is 3.98. The molecule has 0 unspecified atom stereocenters. The smallest absolute Gasteiger partial charge is 0.245 e. The highest BCUT2D eigenvalue weighted by Gasteiger charge is 2.22. The van der Waals surface area contributed by atoms with Crippen molar-refractivity contribution in [3.8, 4) is 0 Å². The summed E-state index contributed by atoms with van der Waals surface area (Å²) in [6, 6.07) is 8.83. The molecule has 1 aliphatic heterocycles. The van der Waals surface area contributed by atoms with Crippen molar-refractivity contribution in [1.29, 1.82) is 0 Å². The zero-order chi connectivity index (χ0) is 14.4. The lowest BCUT2D eigenvalue weighted by Gasteiger charge is -2.31. The predicted molar refractivity (Wildman–Crippen MR) is 82.6 cm³/mol. The van der Waals surface area contributed by atoms with Crippen molar-refractivity contribution >= 4 is 5.91 Å². The van der Waals surface area contributed by atoms with Crippen LogP contribution in [0.3, 0.4) is 0 Å². The Morgan fingerprint density at radius 1 is 1.45 bits per heavy atom. The molecule has 0 spiro atoms. The van der Waals surface area contributed by atoms with Crippen LogP contribution < -0.4 is 5.32 Å². The molecule has 20 heavy (non-hydrogen) atoms. The summed E-state index contributed by atoms with van der Waals surface area (Å²) < 4.78 is 0. The summed E-state index contributed by atoms with van der Waals surface area (Å²) in [6.07, 6.45) is 3.51. The van der Waals surface area contributed by atoms with Crippen molar-refractivity contribution < 1.29 is 4.79 Å². The minimum Gasteiger partial charge on any atom is -0.339 e. The minimum absolute atomic E-state index is 0.0596. The van der Waals surface area contributed by atoms with E-state index in [1.807, 2.05) is 4.90 Å². The predicted octanol–water partition coefficient (Wildman–Crippen LogP) is 2.69. The normalized spacial score (nSPS) is 16.1. The molecule has 0 aromatic heterocycles. The van der Waals surface area contributed by atoms with Gasteiger partial charge in [0.2, 0.25) is 5.91 Å². The Morgan fingerprint density at radius 3 is 2.85 bits per heavy atom. The van der Waals surface area contributed by atoms with Gasteiger partial charge < -0.3 is 10.2 Å². The van der Waals surface area contributed by atoms with Crippen molar-refractivity contribution in [3.63, 3.8) is 0 Å². The highest BCUT2D eigenvalue weighted by Crippen LogP contribution is 2.28. The van der Waals surface area contributed by atoms with Crippen molar-refractivity contribution in [2.24, 2.45) is 0 Å². The van der Waals surface area contributed by atoms with Crippen molar-refractivity contribution in [2.45, 2.75) is 32.2 Å². The lowest BCUT2D eigenvalue weighted by atomic mass is 9.88. The van der Waals surface area contributed by atoms with Gasteiger partial charge in [0.05, 0.1) is 0 Å². The summed E-state index contributed by atoms with van der Waals surface area (Å²) in [4.78, 5) is 13.5. The topological polar surface area (TPSA) is 32.3 Å². The standard InChI is InChI=1S/C17H24N2O/c1-3-17(20)19-10-8-15(9-11-19)16-7-5-6-14(12-16)13-18-4-2/h3,5-7,12,15,18H,1,4,8-11,13H2,2H3. The molecule has 0 saturated carbocycles. The fraction of sp³-hybridized carbons (Fsp3) is 0.471. The van der Waals surface area contributed by atoms with Gasteiger partial charge in [-0.05, 0) is 42.5 Å². The van der Waals surface area contributed by atoms with E-state index in [9.17, 15) is 4.79 Å². The average Bonchev–Trinajstić information content (AvgIpc) is 2.52. The molecule has 1 aromatic rings. The Morgan fingerprint density at radius 2 is 2.20 bits per heavy atom. The fourth-order valence-electron chi connectivity index (χ4n) is 2.79. The molecule has 108 valence electrons. The Balaban J connectivity index is 1.96. The fourth-order valence-corrected chi connectivity index (χ4v) is 2.79. The van der Waals surface area contributed by atoms with Crippen LogP contribution in [0.4, 0.5) is 0 Å². The lowest BCUT2D eigenvalue weighted by molar-refractivity contribution is -0.127. The van der Waals surface area contributed by atoms with Gasteiger partial charge in [-0.2, -0.15) is 0 Å². The summed E-state index contributed by atoms with van der Waals surface area (Å²) in [5.74, 6) is 0.634. The zero-order valence-corrected chi connectivity index (χ0v) is 12.3. The summed E-state index contributed by atoms with van der Waals surface area (Å²) >= 11 is 0. The number of nitrogens with zero attached hydrogens (tertiary/aromatic N) is 1. The summed E-state index contributed by atoms with van der Waals surface area (Å²) in [5, 5.41) is 3.36. The molecule has 1 heterocycles. The van der Waals surface area contributed by atoms with Crippen molar-refractivity contribution in [1.82, 2.24) is 10.2 Å². The quantitative estimate of drug-likeness (QED) is 0.836. The van der Waals surface area contributed by atoms with E-state index < -0.39 is 0 Å². The molecule has 2 rings (SSSR count). The van der Waals surface area contributed by atoms with Crippen LogP contribution in [0, 0.1) is 0 Å². The number of piperidine rings is 1. The number of nitrogens with one attached hydrogen (secondary N) is 1. The van der Waals surface area contributed by atoms with E-state index in [2.05, 4.69) is 43.1 Å². The molecule has 1 aromatic carbocycles. The van der Waals surface area contributed by atoms with E-state index in [4.69, 9.17) is 0 Å². The minimum atomic E-state index is 0.0596. The third-order valence-corrected chi connectivity index (χ3v) is 3.98. The molecule has 1 saturated heterocycles. The highest BCUT2D eigenvalue weighted by atomic mass is 16.2. The van der Waals surface area contributed by atoms with Crippen LogP contribution in [0.2, 0.25) is 0 Å². The molecule has 1 N–H and O–H groups in total. The SMILES string of the molecule is C=CC(=O)N1CCC(c2cccc(CNCC)c2)CC1. The van der Waals surface area contributed by atoms with Gasteiger partial charge in [0.15, 0.2) is 0 Å². The van der Waals surface area contributed by atoms with Crippen LogP contribution in [-0.4, -0.2) is 30.4 Å². The van der Waals surface area contributed by atoms with Crippen molar-refractivity contribution in [3.05, 3.63) is 48.0 Å². The van der Waals surface area contributed by atoms with E-state index >= 15 is 0 Å². The van der Waals surface area contributed by atoms with Crippen molar-refractivity contribution in [2.75, 3.05) is 19.6 Å². The summed E-state index contributed by atoms with van der Waals surface area (Å²) in [5.41, 5.74) is 2.75. The van der Waals surface area contributed by atoms with E-state index in [1.165, 1.54) is 17.2 Å². The Labute approximate surface area is 121 Å². The molecule has 0 bridgehead atoms. The molecule has 3 nitrogen and oxygen atoms in total. The molecular weight excluding hydrogens is 248 g/mol. The maximum absolute atomic E-state index is 11.6. The molecule has 0 aliphatic carbocycles. The number of rotatable bonds is 5. The maximum Gasteiger partial charge on any atom is 0.245 e. The lowest BCUT2D eigenvalue weighted by Crippen LogP contribution is -2.36. The van der Waals surface area contributed by atoms with Crippen LogP contribution in [-0.2, 0) is 11.3 Å². The number of amides is 1. The number of carbonyl (C=O) groups excluding carboxylic acids is 1. The molecule has 0 radical (unpaired) electrons. The van der Waals surface area contributed by atoms with Gasteiger partial charge in [0.25, 0.3) is 0 Å². The second kappa shape index (κ2) is 7.25. The Bertz CT molecular complexity index is 462. The first-order chi connectivity index (χ1) is 9.74. The maximum atomic E-state index is 11.6. The summed E-state index contributed by atoms with van der Waals surface area (Å²) in [6.45, 7) is 9.28. The monoisotopic (exact) mass is 272 g/mol. The first-order valence-electron chi connectivity index (χ1n) is 7.45. The van der Waals surface area contributed by atoms with Crippen LogP contribution in [0.1, 0.15) is 36.8 Å². The van der Waals surface area contributed by atoms with E-state index in [0.717, 1.165) is 39.0 Å². The van der Waals surface area contributed by atoms with E-state index in [1.54, 1.807) is 0 Å². The van der Waals surface area contributed by atoms with Gasteiger partial charge in [0.1, 0.15) is 0 Å². The van der Waals surface area contributed by atoms with Crippen LogP contribution >= 0.6 is 0 Å². The first-order valence-corrected chi connectivity index (χ1v) is 7.45. The third kappa shape index (κ3) is 3.70. The van der Waals surface area contributed by atoms with Gasteiger partial charge in [-0.25, -0.2) is 0 Å². The van der Waals surface area contributed by atoms with Crippen LogP contribution in [0.15, 0.2) is 36.9 Å². The Kier molecular flexibility index (Phi) is 5.36. The molecule has 0 atom stereocenters. The number of carbonyl (C=O) groups is 1. The van der Waals surface area contributed by atoms with Gasteiger partial charge in [-0.3, -0.25) is 4.79 Å². The summed E-state index contributed by atoms with van der Waals surface area (Å²) in [7, 11) is 0. The van der Waals surface area contributed by atoms with E-state index in [-0.39, 0.29) is 5.91 Å². The van der Waals surface area contributed by atoms with Gasteiger partial charge in [-0.1, -0.05) is 37.8 Å². The molecular formula is C17H24N2O. The van der Waals surface area contributed by atoms with Crippen LogP contribution in [0.25, 0.3) is 0 Å². The number of benzene rings is 1. The highest BCUT2D eigenvalue weighted by molar-refractivity contribution is 5.87. The van der Waals surface area contributed by atoms with E-state index in [0.29, 0.717) is 5.92 Å². The first kappa shape index (κ1) is 14.8. The van der Waals surface area contributed by atoms with Gasteiger partial charge >= 0.3 is 0 Å². The van der Waals surface area contributed by atoms with Gasteiger partial charge in [0, 0.05) is 19.6 Å². The number of likely N-dealkylation sites (tertiary alicyclic amines) is 1. The average molecular weight is 272 g/mol. The van der Waals surface area contributed by atoms with Gasteiger partial charge in [-0.15, -0.1) is 0 Å². The largest absolute Gasteiger partial charge is 0.339 e. The zero-order valence-electron chi connectivity index (χ0n) is 12.3. The number of hydrogen-bond donors (Lipinski definition) is 1. The van der Waals surface area contributed by atoms with Crippen LogP contribution in [0.5, 0.6) is 0 Å². The Hall–Kier alpha value is -1.61. The molecule has 1 aliphatic rings.